The van der Waals surface area contributed by atoms with Crippen molar-refractivity contribution in [3.8, 4) is 0 Å². The quantitative estimate of drug-likeness (QED) is 0.783. The molecule has 154 valence electrons. The molecule has 0 N–H and O–H groups in total. The zero-order valence-corrected chi connectivity index (χ0v) is 17.6. The first-order chi connectivity index (χ1) is 13.8. The van der Waals surface area contributed by atoms with Crippen molar-refractivity contribution in [2.24, 2.45) is 27.8 Å². The summed E-state index contributed by atoms with van der Waals surface area (Å²) in [5.41, 5.74) is 1.02. The third kappa shape index (κ3) is 2.26. The second kappa shape index (κ2) is 6.07. The number of hydrogen-bond acceptors (Lipinski definition) is 4. The highest BCUT2D eigenvalue weighted by molar-refractivity contribution is 6.06. The van der Waals surface area contributed by atoms with E-state index in [2.05, 4.69) is 32.9 Å². The van der Waals surface area contributed by atoms with Gasteiger partial charge in [0.05, 0.1) is 22.9 Å². The van der Waals surface area contributed by atoms with E-state index in [9.17, 15) is 9.59 Å². The van der Waals surface area contributed by atoms with Crippen LogP contribution in [0.3, 0.4) is 0 Å². The second-order valence-corrected chi connectivity index (χ2v) is 9.85. The zero-order chi connectivity index (χ0) is 20.6. The van der Waals surface area contributed by atoms with Crippen LogP contribution in [0.5, 0.6) is 0 Å². The second-order valence-electron chi connectivity index (χ2n) is 9.85. The maximum absolute atomic E-state index is 13.9. The van der Waals surface area contributed by atoms with Crippen molar-refractivity contribution in [3.05, 3.63) is 30.3 Å². The molecule has 6 nitrogen and oxygen atoms in total. The zero-order valence-electron chi connectivity index (χ0n) is 17.6. The third-order valence-electron chi connectivity index (χ3n) is 8.08. The largest absolute Gasteiger partial charge is 0.382 e. The van der Waals surface area contributed by atoms with Gasteiger partial charge < -0.3 is 4.84 Å². The van der Waals surface area contributed by atoms with E-state index in [1.165, 1.54) is 0 Å². The van der Waals surface area contributed by atoms with Gasteiger partial charge in [0.1, 0.15) is 0 Å². The van der Waals surface area contributed by atoms with Crippen LogP contribution in [-0.4, -0.2) is 34.7 Å². The lowest BCUT2D eigenvalue weighted by atomic mass is 9.67. The Morgan fingerprint density at radius 1 is 1.24 bits per heavy atom. The molecule has 2 aliphatic heterocycles. The van der Waals surface area contributed by atoms with E-state index >= 15 is 0 Å². The molecule has 4 aliphatic rings. The van der Waals surface area contributed by atoms with Crippen LogP contribution >= 0.6 is 0 Å². The minimum Gasteiger partial charge on any atom is -0.382 e. The molecule has 4 atom stereocenters. The number of benzene rings is 1. The van der Waals surface area contributed by atoms with Crippen molar-refractivity contribution in [1.29, 1.82) is 0 Å². The molecule has 2 bridgehead atoms. The molecular formula is C23H29N3O3. The number of hydrogen-bond donors (Lipinski definition) is 0. The van der Waals surface area contributed by atoms with E-state index < -0.39 is 11.5 Å². The summed E-state index contributed by atoms with van der Waals surface area (Å²) in [4.78, 5) is 33.2. The lowest BCUT2D eigenvalue weighted by Crippen LogP contribution is -2.51. The molecular weight excluding hydrogens is 366 g/mol. The number of rotatable bonds is 3. The molecule has 3 fully saturated rings. The lowest BCUT2D eigenvalue weighted by molar-refractivity contribution is -0.145. The molecule has 2 saturated carbocycles. The van der Waals surface area contributed by atoms with Gasteiger partial charge in [-0.3, -0.25) is 9.59 Å². The van der Waals surface area contributed by atoms with Crippen LogP contribution in [0.1, 0.15) is 53.4 Å². The average molecular weight is 396 g/mol. The Labute approximate surface area is 171 Å². The van der Waals surface area contributed by atoms with Crippen LogP contribution in [0.2, 0.25) is 0 Å². The van der Waals surface area contributed by atoms with Crippen molar-refractivity contribution >= 4 is 23.2 Å². The summed E-state index contributed by atoms with van der Waals surface area (Å²) in [7, 11) is 0. The maximum Gasteiger partial charge on any atom is 0.286 e. The summed E-state index contributed by atoms with van der Waals surface area (Å²) in [6, 6.07) is 9.44. The molecule has 1 aromatic carbocycles. The van der Waals surface area contributed by atoms with Gasteiger partial charge in [0, 0.05) is 6.42 Å². The van der Waals surface area contributed by atoms with Gasteiger partial charge in [0.25, 0.3) is 11.8 Å². The predicted molar refractivity (Wildman–Crippen MR) is 110 cm³/mol. The van der Waals surface area contributed by atoms with Gasteiger partial charge in [-0.05, 0) is 48.6 Å². The summed E-state index contributed by atoms with van der Waals surface area (Å²) in [6.07, 6.45) is 2.62. The smallest absolute Gasteiger partial charge is 0.286 e. The molecule has 1 spiro atoms. The van der Waals surface area contributed by atoms with Crippen molar-refractivity contribution < 1.29 is 14.4 Å². The Kier molecular flexibility index (Phi) is 3.90. The number of carbonyl (C=O) groups excluding carboxylic acids is 2. The van der Waals surface area contributed by atoms with Crippen molar-refractivity contribution in [3.63, 3.8) is 0 Å². The molecule has 3 unspecified atom stereocenters. The van der Waals surface area contributed by atoms with Gasteiger partial charge in [0.15, 0.2) is 0 Å². The SMILES string of the molecule is CC(C)C1=NO[C@@H](C(=O)N2C3CC4CCC3(C(=O)N2c2ccccc2)C4(C)C)C1. The minimum atomic E-state index is -0.649. The molecule has 6 heteroatoms. The number of para-hydroxylation sites is 1. The molecule has 2 aliphatic carbocycles. The van der Waals surface area contributed by atoms with Gasteiger partial charge >= 0.3 is 0 Å². The highest BCUT2D eigenvalue weighted by Gasteiger charge is 2.75. The Hall–Kier alpha value is -2.37. The van der Waals surface area contributed by atoms with E-state index in [-0.39, 0.29) is 29.2 Å². The van der Waals surface area contributed by atoms with Crippen LogP contribution in [0.4, 0.5) is 5.69 Å². The standard InChI is InChI=1S/C23H29N3O3/c1-14(2)17-13-18(29-24-17)20(27)26-19-12-15-10-11-23(19,22(15,3)4)21(28)25(26)16-8-6-5-7-9-16/h5-9,14-15,18-19H,10-13H2,1-4H3/t15?,18-,19?,23?/m1/s1. The third-order valence-corrected chi connectivity index (χ3v) is 8.08. The van der Waals surface area contributed by atoms with E-state index in [1.54, 1.807) is 10.0 Å². The van der Waals surface area contributed by atoms with E-state index in [4.69, 9.17) is 4.84 Å². The molecule has 0 radical (unpaired) electrons. The summed E-state index contributed by atoms with van der Waals surface area (Å²) in [5.74, 6) is 0.629. The number of nitrogens with zero attached hydrogens (tertiary/aromatic N) is 3. The fraction of sp³-hybridized carbons (Fsp3) is 0.609. The summed E-state index contributed by atoms with van der Waals surface area (Å²) in [5, 5.41) is 7.54. The lowest BCUT2D eigenvalue weighted by Gasteiger charge is -2.35. The van der Waals surface area contributed by atoms with Crippen molar-refractivity contribution in [1.82, 2.24) is 5.01 Å². The first-order valence-corrected chi connectivity index (χ1v) is 10.7. The topological polar surface area (TPSA) is 62.2 Å². The van der Waals surface area contributed by atoms with Gasteiger partial charge in [-0.2, -0.15) is 0 Å². The van der Waals surface area contributed by atoms with E-state index in [1.807, 2.05) is 30.3 Å². The van der Waals surface area contributed by atoms with Gasteiger partial charge in [-0.15, -0.1) is 0 Å². The van der Waals surface area contributed by atoms with Crippen LogP contribution in [0, 0.1) is 22.7 Å². The molecule has 0 aromatic heterocycles. The fourth-order valence-electron chi connectivity index (χ4n) is 6.27. The molecule has 1 aromatic rings. The predicted octanol–water partition coefficient (Wildman–Crippen LogP) is 3.77. The number of carbonyl (C=O) groups is 2. The first-order valence-electron chi connectivity index (χ1n) is 10.7. The summed E-state index contributed by atoms with van der Waals surface area (Å²) < 4.78 is 0. The molecule has 5 rings (SSSR count). The van der Waals surface area contributed by atoms with Crippen LogP contribution in [-0.2, 0) is 14.4 Å². The maximum atomic E-state index is 13.9. The minimum absolute atomic E-state index is 0.0649. The van der Waals surface area contributed by atoms with E-state index in [0.717, 1.165) is 30.7 Å². The van der Waals surface area contributed by atoms with Gasteiger partial charge in [0.2, 0.25) is 6.10 Å². The van der Waals surface area contributed by atoms with Crippen molar-refractivity contribution in [2.45, 2.75) is 65.5 Å². The van der Waals surface area contributed by atoms with Crippen LogP contribution < -0.4 is 5.01 Å². The number of oxime groups is 1. The average Bonchev–Trinajstić information content (AvgIpc) is 3.41. The monoisotopic (exact) mass is 395 g/mol. The number of fused-ring (bicyclic) bond motifs is 1. The number of anilines is 1. The first kappa shape index (κ1) is 18.6. The van der Waals surface area contributed by atoms with Crippen LogP contribution in [0.15, 0.2) is 35.5 Å². The molecule has 29 heavy (non-hydrogen) atoms. The van der Waals surface area contributed by atoms with Crippen LogP contribution in [0.25, 0.3) is 0 Å². The van der Waals surface area contributed by atoms with Gasteiger partial charge in [-0.25, -0.2) is 10.0 Å². The summed E-state index contributed by atoms with van der Waals surface area (Å²) in [6.45, 7) is 8.54. The highest BCUT2D eigenvalue weighted by Crippen LogP contribution is 2.70. The Morgan fingerprint density at radius 2 is 1.97 bits per heavy atom. The van der Waals surface area contributed by atoms with Gasteiger partial charge in [-0.1, -0.05) is 51.0 Å². The normalized spacial score (nSPS) is 34.6. The molecule has 2 heterocycles. The number of hydrazine groups is 1. The Morgan fingerprint density at radius 3 is 2.59 bits per heavy atom. The Bertz CT molecular complexity index is 894. The van der Waals surface area contributed by atoms with Crippen molar-refractivity contribution in [2.75, 3.05) is 5.01 Å². The number of amides is 2. The highest BCUT2D eigenvalue weighted by atomic mass is 16.6. The molecule has 1 saturated heterocycles. The molecule has 2 amide bonds. The Balaban J connectivity index is 1.56. The summed E-state index contributed by atoms with van der Waals surface area (Å²) >= 11 is 0. The fourth-order valence-corrected chi connectivity index (χ4v) is 6.27. The van der Waals surface area contributed by atoms with E-state index in [0.29, 0.717) is 12.3 Å².